The molecule has 8 rings (SSSR count). The van der Waals surface area contributed by atoms with E-state index in [2.05, 4.69) is 36.8 Å². The molecule has 18 heteroatoms. The lowest BCUT2D eigenvalue weighted by molar-refractivity contribution is -0.145. The monoisotopic (exact) mass is 924 g/mol. The molecule has 1 aliphatic heterocycles. The van der Waals surface area contributed by atoms with Gasteiger partial charge in [-0.2, -0.15) is 4.21 Å². The maximum Gasteiger partial charge on any atom is 0.357 e. The number of carboxylic acids is 1. The number of hydrogen-bond donors (Lipinski definition) is 2. The number of piperazine rings is 1. The molecule has 4 aromatic carbocycles. The summed E-state index contributed by atoms with van der Waals surface area (Å²) in [6, 6.07) is 25.1. The van der Waals surface area contributed by atoms with Gasteiger partial charge in [-0.25, -0.2) is 29.1 Å². The SMILES string of the molecule is Cc1c(-c2c(-c3ccc(F)cc3)sc3ncnc(OC(Cc4ccccc4OCc4ccnc(-c5cccc(OS(=O)O)c5)n4)C(=O)O)c23)ccc(OCCN2CCN(C)CC2)c1Cl. The van der Waals surface area contributed by atoms with E-state index in [1.165, 1.54) is 35.9 Å². The van der Waals surface area contributed by atoms with Crippen LogP contribution in [-0.4, -0.2) is 102 Å². The number of ether oxygens (including phenoxy) is 3. The molecule has 330 valence electrons. The van der Waals surface area contributed by atoms with Gasteiger partial charge in [0.1, 0.15) is 47.4 Å². The van der Waals surface area contributed by atoms with Gasteiger partial charge >= 0.3 is 17.3 Å². The highest BCUT2D eigenvalue weighted by Gasteiger charge is 2.28. The number of fused-ring (bicyclic) bond motifs is 1. The van der Waals surface area contributed by atoms with Crippen LogP contribution in [0.15, 0.2) is 104 Å². The van der Waals surface area contributed by atoms with Crippen LogP contribution < -0.4 is 18.4 Å². The van der Waals surface area contributed by atoms with Gasteiger partial charge in [-0.3, -0.25) is 9.45 Å². The normalized spacial score (nSPS) is 14.3. The van der Waals surface area contributed by atoms with E-state index in [0.717, 1.165) is 48.7 Å². The van der Waals surface area contributed by atoms with Crippen molar-refractivity contribution >= 4 is 50.5 Å². The maximum atomic E-state index is 14.2. The fourth-order valence-electron chi connectivity index (χ4n) is 7.32. The van der Waals surface area contributed by atoms with Crippen LogP contribution in [-0.2, 0) is 29.2 Å². The number of aromatic nitrogens is 4. The second-order valence-electron chi connectivity index (χ2n) is 15.0. The summed E-state index contributed by atoms with van der Waals surface area (Å²) in [6.07, 6.45) is 1.38. The third-order valence-electron chi connectivity index (χ3n) is 10.7. The van der Waals surface area contributed by atoms with Gasteiger partial charge < -0.3 is 28.4 Å². The number of thiophene rings is 1. The molecule has 7 aromatic rings. The molecule has 0 spiro atoms. The number of halogens is 2. The molecular formula is C46H42ClFN6O8S2. The Kier molecular flexibility index (Phi) is 14.0. The highest BCUT2D eigenvalue weighted by atomic mass is 35.5. The van der Waals surface area contributed by atoms with Gasteiger partial charge in [0.25, 0.3) is 0 Å². The molecule has 1 saturated heterocycles. The third kappa shape index (κ3) is 10.5. The molecule has 0 radical (unpaired) electrons. The number of aliphatic carboxylic acids is 1. The van der Waals surface area contributed by atoms with Crippen molar-refractivity contribution in [3.8, 4) is 56.1 Å². The summed E-state index contributed by atoms with van der Waals surface area (Å²) in [7, 11) is 2.12. The van der Waals surface area contributed by atoms with E-state index in [4.69, 9.17) is 34.5 Å². The van der Waals surface area contributed by atoms with Gasteiger partial charge in [0.05, 0.1) is 16.1 Å². The molecule has 0 aliphatic carbocycles. The highest BCUT2D eigenvalue weighted by Crippen LogP contribution is 2.49. The summed E-state index contributed by atoms with van der Waals surface area (Å²) in [4.78, 5) is 36.9. The summed E-state index contributed by atoms with van der Waals surface area (Å²) >= 11 is 5.90. The smallest absolute Gasteiger partial charge is 0.357 e. The lowest BCUT2D eigenvalue weighted by Gasteiger charge is -2.32. The van der Waals surface area contributed by atoms with Crippen LogP contribution >= 0.6 is 22.9 Å². The zero-order chi connectivity index (χ0) is 44.7. The van der Waals surface area contributed by atoms with Crippen molar-refractivity contribution in [2.75, 3.05) is 46.4 Å². The van der Waals surface area contributed by atoms with Crippen molar-refractivity contribution in [2.45, 2.75) is 26.1 Å². The third-order valence-corrected chi connectivity index (χ3v) is 12.6. The van der Waals surface area contributed by atoms with Gasteiger partial charge in [0, 0.05) is 61.3 Å². The van der Waals surface area contributed by atoms with E-state index in [9.17, 15) is 18.5 Å². The summed E-state index contributed by atoms with van der Waals surface area (Å²) in [6.45, 7) is 7.09. The van der Waals surface area contributed by atoms with Crippen LogP contribution in [0.2, 0.25) is 5.02 Å². The minimum Gasteiger partial charge on any atom is -0.491 e. The van der Waals surface area contributed by atoms with Crippen LogP contribution in [0.3, 0.4) is 0 Å². The zero-order valence-electron chi connectivity index (χ0n) is 34.6. The zero-order valence-corrected chi connectivity index (χ0v) is 37.0. The van der Waals surface area contributed by atoms with Crippen molar-refractivity contribution < 1.29 is 41.4 Å². The van der Waals surface area contributed by atoms with Crippen molar-refractivity contribution in [1.82, 2.24) is 29.7 Å². The average molecular weight is 925 g/mol. The molecule has 0 amide bonds. The first-order valence-corrected chi connectivity index (χ1v) is 22.4. The van der Waals surface area contributed by atoms with E-state index in [-0.39, 0.29) is 30.5 Å². The molecule has 0 saturated carbocycles. The van der Waals surface area contributed by atoms with E-state index < -0.39 is 23.4 Å². The molecule has 4 heterocycles. The second-order valence-corrected chi connectivity index (χ2v) is 16.9. The largest absolute Gasteiger partial charge is 0.491 e. The van der Waals surface area contributed by atoms with Crippen LogP contribution in [0, 0.1) is 12.7 Å². The van der Waals surface area contributed by atoms with E-state index in [1.807, 2.05) is 19.1 Å². The molecule has 64 heavy (non-hydrogen) atoms. The van der Waals surface area contributed by atoms with Gasteiger partial charge in [-0.05, 0) is 78.7 Å². The fraction of sp³-hybridized carbons (Fsp3) is 0.239. The average Bonchev–Trinajstić information content (AvgIpc) is 3.68. The molecule has 2 atom stereocenters. The molecule has 1 aliphatic rings. The topological polar surface area (TPSA) is 170 Å². The molecular weight excluding hydrogens is 883 g/mol. The first kappa shape index (κ1) is 44.5. The van der Waals surface area contributed by atoms with E-state index in [1.54, 1.807) is 66.9 Å². The Bertz CT molecular complexity index is 2810. The molecule has 1 fully saturated rings. The Labute approximate surface area is 379 Å². The molecule has 14 nitrogen and oxygen atoms in total. The van der Waals surface area contributed by atoms with Crippen molar-refractivity contribution in [3.63, 3.8) is 0 Å². The Balaban J connectivity index is 1.07. The van der Waals surface area contributed by atoms with E-state index in [0.29, 0.717) is 67.1 Å². The van der Waals surface area contributed by atoms with Crippen molar-refractivity contribution in [2.24, 2.45) is 0 Å². The standard InChI is InChI=1S/C46H42ClFN6O8S2/c1-28-35(14-15-37(41(28)47)59-23-22-54-20-18-53(2)19-21-54)39-40-44(50-27-51-45(40)63-42(39)29-10-12-32(48)13-11-29)61-38(46(55)56)25-30-6-3-4-9-36(30)60-26-33-16-17-49-43(52-33)31-7-5-8-34(24-31)62-64(57)58/h3-17,24,27,38H,18-23,25-26H2,1-2H3,(H,55,56)(H,57,58). The summed E-state index contributed by atoms with van der Waals surface area (Å²) in [5, 5.41) is 11.5. The predicted octanol–water partition coefficient (Wildman–Crippen LogP) is 8.38. The number of carbonyl (C=O) groups is 1. The Hall–Kier alpha value is -6.08. The van der Waals surface area contributed by atoms with Gasteiger partial charge in [0.15, 0.2) is 5.82 Å². The maximum absolute atomic E-state index is 14.2. The molecule has 0 bridgehead atoms. The minimum atomic E-state index is -2.49. The minimum absolute atomic E-state index is 0.0148. The molecule has 2 unspecified atom stereocenters. The fourth-order valence-corrected chi connectivity index (χ4v) is 8.96. The Morgan fingerprint density at radius 3 is 2.52 bits per heavy atom. The summed E-state index contributed by atoms with van der Waals surface area (Å²) in [5.74, 6) is -0.106. The summed E-state index contributed by atoms with van der Waals surface area (Å²) in [5.41, 5.74) is 4.45. The highest BCUT2D eigenvalue weighted by molar-refractivity contribution is 7.74. The predicted molar refractivity (Wildman–Crippen MR) is 243 cm³/mol. The van der Waals surface area contributed by atoms with Crippen LogP contribution in [0.25, 0.3) is 43.2 Å². The van der Waals surface area contributed by atoms with Crippen molar-refractivity contribution in [1.29, 1.82) is 0 Å². The number of nitrogens with zero attached hydrogens (tertiary/aromatic N) is 6. The lowest BCUT2D eigenvalue weighted by atomic mass is 9.96. The molecule has 3 aromatic heterocycles. The van der Waals surface area contributed by atoms with Crippen LogP contribution in [0.5, 0.6) is 23.1 Å². The van der Waals surface area contributed by atoms with E-state index >= 15 is 0 Å². The van der Waals surface area contributed by atoms with Gasteiger partial charge in [-0.1, -0.05) is 60.1 Å². The lowest BCUT2D eigenvalue weighted by Crippen LogP contribution is -2.45. The second kappa shape index (κ2) is 20.2. The Morgan fingerprint density at radius 2 is 1.73 bits per heavy atom. The first-order chi connectivity index (χ1) is 31.0. The number of likely N-dealkylation sites (N-methyl/N-ethyl adjacent to an activating group) is 1. The number of hydrogen-bond acceptors (Lipinski definition) is 13. The summed E-state index contributed by atoms with van der Waals surface area (Å²) < 4.78 is 58.2. The Morgan fingerprint density at radius 1 is 0.938 bits per heavy atom. The first-order valence-electron chi connectivity index (χ1n) is 20.2. The van der Waals surface area contributed by atoms with Crippen LogP contribution in [0.4, 0.5) is 4.39 Å². The number of carboxylic acid groups (broad SMARTS) is 1. The number of benzene rings is 4. The quantitative estimate of drug-likeness (QED) is 0.0836. The van der Waals surface area contributed by atoms with Crippen molar-refractivity contribution in [3.05, 3.63) is 131 Å². The van der Waals surface area contributed by atoms with Gasteiger partial charge in [-0.15, -0.1) is 11.3 Å². The molecule has 2 N–H and O–H groups in total. The van der Waals surface area contributed by atoms with Gasteiger partial charge in [0.2, 0.25) is 12.0 Å². The van der Waals surface area contributed by atoms with Crippen LogP contribution in [0.1, 0.15) is 16.8 Å². The number of rotatable bonds is 17. The number of para-hydroxylation sites is 1.